The smallest absolute Gasteiger partial charge is 0.204 e. The lowest BCUT2D eigenvalue weighted by Crippen LogP contribution is -2.10. The minimum atomic E-state index is -0.936. The minimum Gasteiger partial charge on any atom is -0.490 e. The van der Waals surface area contributed by atoms with Crippen LogP contribution in [-0.2, 0) is 0 Å². The fourth-order valence-electron chi connectivity index (χ4n) is 2.61. The van der Waals surface area contributed by atoms with E-state index in [0.717, 1.165) is 25.7 Å². The molecule has 0 unspecified atom stereocenters. The molecule has 3 rings (SSSR count). The van der Waals surface area contributed by atoms with Crippen molar-refractivity contribution in [1.82, 2.24) is 0 Å². The highest BCUT2D eigenvalue weighted by Crippen LogP contribution is 2.33. The van der Waals surface area contributed by atoms with Gasteiger partial charge in [-0.2, -0.15) is 8.78 Å². The van der Waals surface area contributed by atoms with Gasteiger partial charge in [0.25, 0.3) is 0 Å². The Kier molecular flexibility index (Phi) is 4.08. The van der Waals surface area contributed by atoms with Gasteiger partial charge in [0.15, 0.2) is 11.5 Å². The fourth-order valence-corrected chi connectivity index (χ4v) is 2.61. The van der Waals surface area contributed by atoms with Crippen LogP contribution in [0.2, 0.25) is 0 Å². The zero-order valence-corrected chi connectivity index (χ0v) is 11.5. The fraction of sp³-hybridized carbons (Fsp3) is 0.625. The standard InChI is InChI=1S/C16H20F2O2/c17-15-13(19-9-11-3-1-2-4-11)7-8-14(16(15)18)20-10-12-5-6-12/h7-8,11-12H,1-6,9-10H2. The van der Waals surface area contributed by atoms with Crippen LogP contribution >= 0.6 is 0 Å². The monoisotopic (exact) mass is 282 g/mol. The number of hydrogen-bond acceptors (Lipinski definition) is 2. The van der Waals surface area contributed by atoms with Gasteiger partial charge in [-0.3, -0.25) is 0 Å². The Hall–Kier alpha value is -1.32. The molecule has 0 heterocycles. The summed E-state index contributed by atoms with van der Waals surface area (Å²) in [6.45, 7) is 0.942. The summed E-state index contributed by atoms with van der Waals surface area (Å²) in [5.74, 6) is -0.902. The largest absolute Gasteiger partial charge is 0.490 e. The van der Waals surface area contributed by atoms with Crippen LogP contribution in [0.4, 0.5) is 8.78 Å². The van der Waals surface area contributed by atoms with Crippen LogP contribution in [0.1, 0.15) is 38.5 Å². The van der Waals surface area contributed by atoms with Crippen LogP contribution in [-0.4, -0.2) is 13.2 Å². The van der Waals surface area contributed by atoms with Crippen molar-refractivity contribution in [1.29, 1.82) is 0 Å². The Bertz CT molecular complexity index is 466. The molecule has 2 nitrogen and oxygen atoms in total. The van der Waals surface area contributed by atoms with Crippen molar-refractivity contribution in [3.63, 3.8) is 0 Å². The van der Waals surface area contributed by atoms with Crippen LogP contribution in [0.25, 0.3) is 0 Å². The van der Waals surface area contributed by atoms with Gasteiger partial charge in [0.05, 0.1) is 13.2 Å². The van der Waals surface area contributed by atoms with E-state index in [1.807, 2.05) is 0 Å². The summed E-state index contributed by atoms with van der Waals surface area (Å²) >= 11 is 0. The summed E-state index contributed by atoms with van der Waals surface area (Å²) in [7, 11) is 0. The summed E-state index contributed by atoms with van der Waals surface area (Å²) in [5, 5.41) is 0. The molecule has 0 N–H and O–H groups in total. The third kappa shape index (κ3) is 3.22. The minimum absolute atomic E-state index is 0.00632. The highest BCUT2D eigenvalue weighted by atomic mass is 19.2. The first-order valence-electron chi connectivity index (χ1n) is 7.47. The lowest BCUT2D eigenvalue weighted by molar-refractivity contribution is 0.234. The topological polar surface area (TPSA) is 18.5 Å². The molecule has 4 heteroatoms. The van der Waals surface area contributed by atoms with E-state index in [-0.39, 0.29) is 11.5 Å². The van der Waals surface area contributed by atoms with Gasteiger partial charge in [-0.15, -0.1) is 0 Å². The molecule has 2 aliphatic carbocycles. The molecule has 0 aliphatic heterocycles. The Balaban J connectivity index is 1.60. The van der Waals surface area contributed by atoms with E-state index in [9.17, 15) is 8.78 Å². The Morgan fingerprint density at radius 1 is 0.800 bits per heavy atom. The third-order valence-corrected chi connectivity index (χ3v) is 4.13. The van der Waals surface area contributed by atoms with Crippen LogP contribution in [0, 0.1) is 23.5 Å². The predicted octanol–water partition coefficient (Wildman–Crippen LogP) is 4.32. The quantitative estimate of drug-likeness (QED) is 0.773. The van der Waals surface area contributed by atoms with Gasteiger partial charge in [0.1, 0.15) is 0 Å². The molecule has 2 fully saturated rings. The third-order valence-electron chi connectivity index (χ3n) is 4.13. The average molecular weight is 282 g/mol. The molecule has 0 amide bonds. The second-order valence-corrected chi connectivity index (χ2v) is 5.91. The normalized spacial score (nSPS) is 19.3. The van der Waals surface area contributed by atoms with Crippen molar-refractivity contribution in [3.8, 4) is 11.5 Å². The van der Waals surface area contributed by atoms with Crippen molar-refractivity contribution in [2.24, 2.45) is 11.8 Å². The lowest BCUT2D eigenvalue weighted by Gasteiger charge is -2.13. The predicted molar refractivity (Wildman–Crippen MR) is 72.0 cm³/mol. The van der Waals surface area contributed by atoms with Gasteiger partial charge in [0, 0.05) is 0 Å². The summed E-state index contributed by atoms with van der Waals surface area (Å²) < 4.78 is 38.5. The number of ether oxygens (including phenoxy) is 2. The molecule has 0 bridgehead atoms. The van der Waals surface area contributed by atoms with Gasteiger partial charge in [0.2, 0.25) is 11.6 Å². The summed E-state index contributed by atoms with van der Waals surface area (Å²) in [5.41, 5.74) is 0. The molecule has 0 spiro atoms. The van der Waals surface area contributed by atoms with Crippen molar-refractivity contribution < 1.29 is 18.3 Å². The van der Waals surface area contributed by atoms with Crippen molar-refractivity contribution in [3.05, 3.63) is 23.8 Å². The van der Waals surface area contributed by atoms with Crippen molar-refractivity contribution in [2.75, 3.05) is 13.2 Å². The first kappa shape index (κ1) is 13.7. The zero-order chi connectivity index (χ0) is 13.9. The lowest BCUT2D eigenvalue weighted by atomic mass is 10.1. The molecule has 2 aliphatic rings. The number of hydrogen-bond donors (Lipinski definition) is 0. The van der Waals surface area contributed by atoms with E-state index in [4.69, 9.17) is 9.47 Å². The van der Waals surface area contributed by atoms with Gasteiger partial charge in [-0.1, -0.05) is 12.8 Å². The van der Waals surface area contributed by atoms with Crippen LogP contribution < -0.4 is 9.47 Å². The molecular formula is C16H20F2O2. The van der Waals surface area contributed by atoms with Gasteiger partial charge >= 0.3 is 0 Å². The van der Waals surface area contributed by atoms with E-state index in [1.54, 1.807) is 0 Å². The Morgan fingerprint density at radius 3 is 1.70 bits per heavy atom. The number of rotatable bonds is 6. The first-order chi connectivity index (χ1) is 9.74. The maximum atomic E-state index is 13.9. The summed E-state index contributed by atoms with van der Waals surface area (Å²) in [4.78, 5) is 0. The summed E-state index contributed by atoms with van der Waals surface area (Å²) in [6.07, 6.45) is 6.89. The van der Waals surface area contributed by atoms with Gasteiger partial charge < -0.3 is 9.47 Å². The Labute approximate surface area is 118 Å². The van der Waals surface area contributed by atoms with E-state index in [0.29, 0.717) is 25.0 Å². The van der Waals surface area contributed by atoms with Crippen molar-refractivity contribution in [2.45, 2.75) is 38.5 Å². The molecule has 0 aromatic heterocycles. The maximum Gasteiger partial charge on any atom is 0.204 e. The zero-order valence-electron chi connectivity index (χ0n) is 11.5. The highest BCUT2D eigenvalue weighted by molar-refractivity contribution is 5.35. The van der Waals surface area contributed by atoms with Crippen molar-refractivity contribution >= 4 is 0 Å². The Morgan fingerprint density at radius 2 is 1.25 bits per heavy atom. The maximum absolute atomic E-state index is 13.9. The molecule has 110 valence electrons. The molecule has 20 heavy (non-hydrogen) atoms. The molecule has 1 aromatic rings. The van der Waals surface area contributed by atoms with Crippen LogP contribution in [0.5, 0.6) is 11.5 Å². The second kappa shape index (κ2) is 5.98. The summed E-state index contributed by atoms with van der Waals surface area (Å²) in [6, 6.07) is 2.93. The number of benzene rings is 1. The molecule has 0 saturated heterocycles. The van der Waals surface area contributed by atoms with Gasteiger partial charge in [-0.25, -0.2) is 0 Å². The van der Waals surface area contributed by atoms with Gasteiger partial charge in [-0.05, 0) is 49.7 Å². The van der Waals surface area contributed by atoms with Crippen LogP contribution in [0.3, 0.4) is 0 Å². The highest BCUT2D eigenvalue weighted by Gasteiger charge is 2.24. The molecule has 0 radical (unpaired) electrons. The average Bonchev–Trinajstić information content (AvgIpc) is 3.13. The molecule has 0 atom stereocenters. The first-order valence-corrected chi connectivity index (χ1v) is 7.47. The molecule has 1 aromatic carbocycles. The SMILES string of the molecule is Fc1c(OCC2CCCC2)ccc(OCC2CC2)c1F. The number of halogens is 2. The van der Waals surface area contributed by atoms with E-state index < -0.39 is 11.6 Å². The van der Waals surface area contributed by atoms with E-state index >= 15 is 0 Å². The molecule has 2 saturated carbocycles. The van der Waals surface area contributed by atoms with E-state index in [1.165, 1.54) is 25.0 Å². The van der Waals surface area contributed by atoms with Crippen LogP contribution in [0.15, 0.2) is 12.1 Å². The second-order valence-electron chi connectivity index (χ2n) is 5.91. The molecular weight excluding hydrogens is 262 g/mol. The van der Waals surface area contributed by atoms with E-state index in [2.05, 4.69) is 0 Å².